The maximum Gasteiger partial charge on any atom is 0.164 e. The lowest BCUT2D eigenvalue weighted by Crippen LogP contribution is -2.41. The molecule has 168 valence electrons. The maximum atomic E-state index is 10.3. The van der Waals surface area contributed by atoms with Crippen LogP contribution in [0.15, 0.2) is 36.9 Å². The topological polar surface area (TPSA) is 142 Å². The molecule has 33 heavy (non-hydrogen) atoms. The summed E-state index contributed by atoms with van der Waals surface area (Å²) in [6, 6.07) is 5.81. The van der Waals surface area contributed by atoms with Crippen molar-refractivity contribution in [3.63, 3.8) is 0 Å². The Balaban J connectivity index is 1.53. The Morgan fingerprint density at radius 2 is 2.12 bits per heavy atom. The first-order chi connectivity index (χ1) is 16.0. The third kappa shape index (κ3) is 4.02. The van der Waals surface area contributed by atoms with E-state index in [1.165, 1.54) is 6.20 Å². The number of nitrogens with one attached hydrogen (secondary N) is 2. The van der Waals surface area contributed by atoms with Gasteiger partial charge < -0.3 is 15.7 Å². The standard InChI is InChI=1S/C22H24N10O/c1-13(2)28-17-6-21(32-22-15(9-27-32)5-14(7-23)8-26-22)25-10-16(17)18-12-31(30-29-18)19-3-4-24-11-20(19)33/h5-6,8-10,12-13,19-20,24,33H,3-4,11H2,1-2H3,(H,25,28)/t19-,20+/m0/s1. The molecular weight excluding hydrogens is 420 g/mol. The first-order valence-corrected chi connectivity index (χ1v) is 10.9. The summed E-state index contributed by atoms with van der Waals surface area (Å²) >= 11 is 0. The largest absolute Gasteiger partial charge is 0.390 e. The summed E-state index contributed by atoms with van der Waals surface area (Å²) in [5, 5.41) is 39.9. The number of anilines is 1. The summed E-state index contributed by atoms with van der Waals surface area (Å²) in [5.41, 5.74) is 3.42. The Morgan fingerprint density at radius 1 is 1.24 bits per heavy atom. The van der Waals surface area contributed by atoms with E-state index in [4.69, 9.17) is 5.26 Å². The zero-order valence-electron chi connectivity index (χ0n) is 18.3. The fraction of sp³-hybridized carbons (Fsp3) is 0.364. The van der Waals surface area contributed by atoms with Crippen molar-refractivity contribution in [1.82, 2.24) is 40.1 Å². The number of β-amino-alcohol motifs (C(OH)–C–C–N with tert-alkyl or cyclic N) is 1. The molecule has 1 saturated heterocycles. The minimum absolute atomic E-state index is 0.110. The van der Waals surface area contributed by atoms with Crippen LogP contribution in [0.3, 0.4) is 0 Å². The molecule has 0 aromatic carbocycles. The predicted octanol–water partition coefficient (Wildman–Crippen LogP) is 1.66. The number of nitrogens with zero attached hydrogens (tertiary/aromatic N) is 8. The summed E-state index contributed by atoms with van der Waals surface area (Å²) in [6.07, 6.45) is 7.06. The summed E-state index contributed by atoms with van der Waals surface area (Å²) in [7, 11) is 0. The number of pyridine rings is 2. The molecule has 0 unspecified atom stereocenters. The summed E-state index contributed by atoms with van der Waals surface area (Å²) < 4.78 is 3.39. The molecule has 5 heterocycles. The van der Waals surface area contributed by atoms with Crippen LogP contribution >= 0.6 is 0 Å². The molecule has 3 N–H and O–H groups in total. The lowest BCUT2D eigenvalue weighted by molar-refractivity contribution is 0.0800. The van der Waals surface area contributed by atoms with Gasteiger partial charge in [0.05, 0.1) is 30.1 Å². The molecular formula is C22H24N10O. The second-order valence-electron chi connectivity index (χ2n) is 8.40. The van der Waals surface area contributed by atoms with Crippen molar-refractivity contribution in [1.29, 1.82) is 5.26 Å². The highest BCUT2D eigenvalue weighted by Crippen LogP contribution is 2.30. The van der Waals surface area contributed by atoms with Gasteiger partial charge in [0.25, 0.3) is 0 Å². The summed E-state index contributed by atoms with van der Waals surface area (Å²) in [6.45, 7) is 5.48. The highest BCUT2D eigenvalue weighted by molar-refractivity contribution is 5.79. The van der Waals surface area contributed by atoms with Crippen LogP contribution in [0.4, 0.5) is 5.69 Å². The molecule has 1 aliphatic heterocycles. The monoisotopic (exact) mass is 444 g/mol. The molecule has 0 spiro atoms. The minimum atomic E-state index is -0.510. The van der Waals surface area contributed by atoms with E-state index < -0.39 is 6.10 Å². The Kier molecular flexibility index (Phi) is 5.45. The van der Waals surface area contributed by atoms with Gasteiger partial charge >= 0.3 is 0 Å². The van der Waals surface area contributed by atoms with Crippen LogP contribution in [0.25, 0.3) is 28.1 Å². The van der Waals surface area contributed by atoms with Gasteiger partial charge in [0.1, 0.15) is 11.8 Å². The molecule has 11 nitrogen and oxygen atoms in total. The van der Waals surface area contributed by atoms with E-state index in [2.05, 4.69) is 55.9 Å². The zero-order chi connectivity index (χ0) is 22.9. The fourth-order valence-electron chi connectivity index (χ4n) is 4.04. The predicted molar refractivity (Wildman–Crippen MR) is 122 cm³/mol. The van der Waals surface area contributed by atoms with Crippen molar-refractivity contribution < 1.29 is 5.11 Å². The van der Waals surface area contributed by atoms with Gasteiger partial charge in [-0.3, -0.25) is 0 Å². The maximum absolute atomic E-state index is 10.3. The zero-order valence-corrected chi connectivity index (χ0v) is 18.3. The van der Waals surface area contributed by atoms with Gasteiger partial charge in [-0.25, -0.2) is 14.6 Å². The van der Waals surface area contributed by atoms with Gasteiger partial charge in [0.15, 0.2) is 11.5 Å². The number of aromatic nitrogens is 7. The molecule has 2 atom stereocenters. The van der Waals surface area contributed by atoms with Gasteiger partial charge in [-0.15, -0.1) is 5.10 Å². The lowest BCUT2D eigenvalue weighted by atomic mass is 10.0. The normalized spacial score (nSPS) is 18.5. The average Bonchev–Trinajstić information content (AvgIpc) is 3.46. The molecule has 4 aromatic rings. The quantitative estimate of drug-likeness (QED) is 0.419. The number of nitriles is 1. The average molecular weight is 445 g/mol. The van der Waals surface area contributed by atoms with E-state index in [9.17, 15) is 5.11 Å². The molecule has 0 amide bonds. The SMILES string of the molecule is CC(C)Nc1cc(-n2ncc3cc(C#N)cnc32)ncc1-c1cn([C@H]2CCNC[C@H]2O)nn1. The van der Waals surface area contributed by atoms with Crippen molar-refractivity contribution in [2.45, 2.75) is 38.5 Å². The second-order valence-corrected chi connectivity index (χ2v) is 8.40. The molecule has 0 bridgehead atoms. The number of aliphatic hydroxyl groups is 1. The van der Waals surface area contributed by atoms with Gasteiger partial charge in [0, 0.05) is 47.7 Å². The van der Waals surface area contributed by atoms with Crippen LogP contribution in [0.2, 0.25) is 0 Å². The van der Waals surface area contributed by atoms with Crippen LogP contribution in [0.5, 0.6) is 0 Å². The molecule has 5 rings (SSSR count). The molecule has 4 aromatic heterocycles. The minimum Gasteiger partial charge on any atom is -0.390 e. The molecule has 1 aliphatic rings. The Morgan fingerprint density at radius 3 is 2.91 bits per heavy atom. The Hall–Kier alpha value is -3.88. The van der Waals surface area contributed by atoms with Crippen molar-refractivity contribution in [2.24, 2.45) is 0 Å². The smallest absolute Gasteiger partial charge is 0.164 e. The van der Waals surface area contributed by atoms with E-state index in [-0.39, 0.29) is 12.1 Å². The summed E-state index contributed by atoms with van der Waals surface area (Å²) in [5.74, 6) is 0.593. The number of hydrogen-bond donors (Lipinski definition) is 3. The van der Waals surface area contributed by atoms with E-state index >= 15 is 0 Å². The van der Waals surface area contributed by atoms with Crippen molar-refractivity contribution in [2.75, 3.05) is 18.4 Å². The first kappa shape index (κ1) is 21.0. The third-order valence-corrected chi connectivity index (χ3v) is 5.63. The van der Waals surface area contributed by atoms with E-state index in [0.29, 0.717) is 29.3 Å². The van der Waals surface area contributed by atoms with Crippen LogP contribution in [-0.4, -0.2) is 65.1 Å². The number of aliphatic hydroxyl groups excluding tert-OH is 1. The fourth-order valence-corrected chi connectivity index (χ4v) is 4.04. The van der Waals surface area contributed by atoms with Gasteiger partial charge in [-0.05, 0) is 32.9 Å². The molecule has 0 saturated carbocycles. The first-order valence-electron chi connectivity index (χ1n) is 10.9. The molecule has 1 fully saturated rings. The van der Waals surface area contributed by atoms with Crippen LogP contribution < -0.4 is 10.6 Å². The van der Waals surface area contributed by atoms with E-state index in [1.807, 2.05) is 12.3 Å². The number of fused-ring (bicyclic) bond motifs is 1. The highest BCUT2D eigenvalue weighted by atomic mass is 16.3. The molecule has 11 heteroatoms. The van der Waals surface area contributed by atoms with Crippen LogP contribution in [0.1, 0.15) is 31.9 Å². The Labute approximate surface area is 190 Å². The van der Waals surface area contributed by atoms with Crippen molar-refractivity contribution in [3.05, 3.63) is 42.5 Å². The number of hydrogen-bond acceptors (Lipinski definition) is 9. The molecule has 0 aliphatic carbocycles. The third-order valence-electron chi connectivity index (χ3n) is 5.63. The number of rotatable bonds is 5. The van der Waals surface area contributed by atoms with E-state index in [0.717, 1.165) is 29.6 Å². The number of piperidine rings is 1. The second kappa shape index (κ2) is 8.57. The highest BCUT2D eigenvalue weighted by Gasteiger charge is 2.26. The van der Waals surface area contributed by atoms with Gasteiger partial charge in [-0.2, -0.15) is 15.0 Å². The van der Waals surface area contributed by atoms with Crippen molar-refractivity contribution in [3.8, 4) is 23.1 Å². The summed E-state index contributed by atoms with van der Waals surface area (Å²) in [4.78, 5) is 9.00. The van der Waals surface area contributed by atoms with Crippen LogP contribution in [0, 0.1) is 11.3 Å². The Bertz CT molecular complexity index is 1330. The molecule has 0 radical (unpaired) electrons. The van der Waals surface area contributed by atoms with Crippen LogP contribution in [-0.2, 0) is 0 Å². The van der Waals surface area contributed by atoms with E-state index in [1.54, 1.807) is 27.8 Å². The van der Waals surface area contributed by atoms with Crippen molar-refractivity contribution >= 4 is 16.7 Å². The lowest BCUT2D eigenvalue weighted by Gasteiger charge is -2.27. The van der Waals surface area contributed by atoms with Gasteiger partial charge in [0.2, 0.25) is 0 Å². The van der Waals surface area contributed by atoms with Gasteiger partial charge in [-0.1, -0.05) is 5.21 Å².